The van der Waals surface area contributed by atoms with E-state index in [-0.39, 0.29) is 12.5 Å². The van der Waals surface area contributed by atoms with Gasteiger partial charge in [-0.05, 0) is 17.7 Å². The number of piperazine rings is 1. The lowest BCUT2D eigenvalue weighted by atomic mass is 10.1. The summed E-state index contributed by atoms with van der Waals surface area (Å²) in [5.41, 5.74) is 0.993. The quantitative estimate of drug-likeness (QED) is 0.847. The summed E-state index contributed by atoms with van der Waals surface area (Å²) in [5.74, 6) is -1.44. The van der Waals surface area contributed by atoms with Crippen LogP contribution in [0.25, 0.3) is 6.08 Å². The monoisotopic (exact) mass is 292 g/mol. The van der Waals surface area contributed by atoms with Crippen LogP contribution in [-0.4, -0.2) is 53.5 Å². The van der Waals surface area contributed by atoms with E-state index in [1.54, 1.807) is 24.1 Å². The Labute approximate surface area is 122 Å². The Kier molecular flexibility index (Phi) is 4.70. The second-order valence-electron chi connectivity index (χ2n) is 5.05. The highest BCUT2D eigenvalue weighted by Crippen LogP contribution is 2.15. The van der Waals surface area contributed by atoms with Gasteiger partial charge in [0.25, 0.3) is 0 Å². The van der Waals surface area contributed by atoms with Gasteiger partial charge in [0.15, 0.2) is 0 Å². The average Bonchev–Trinajstić information content (AvgIpc) is 2.43. The number of benzene rings is 1. The number of halogens is 1. The molecule has 1 fully saturated rings. The van der Waals surface area contributed by atoms with Crippen molar-refractivity contribution < 1.29 is 19.1 Å². The summed E-state index contributed by atoms with van der Waals surface area (Å²) in [5, 5.41) is 8.54. The molecule has 0 radical (unpaired) electrons. The third-order valence-corrected chi connectivity index (χ3v) is 3.43. The first-order valence-electron chi connectivity index (χ1n) is 6.61. The van der Waals surface area contributed by atoms with Crippen molar-refractivity contribution in [2.75, 3.05) is 26.7 Å². The number of carboxylic acid groups (broad SMARTS) is 1. The minimum absolute atomic E-state index is 0.0302. The van der Waals surface area contributed by atoms with Crippen LogP contribution >= 0.6 is 0 Å². The fourth-order valence-electron chi connectivity index (χ4n) is 2.15. The molecule has 21 heavy (non-hydrogen) atoms. The molecular formula is C15H17FN2O3. The van der Waals surface area contributed by atoms with Crippen LogP contribution in [0.15, 0.2) is 24.3 Å². The SMILES string of the molecule is CN1CCN(Cc2ccc(C=CC(=O)O)cc2F)CC1=O. The zero-order valence-electron chi connectivity index (χ0n) is 11.8. The van der Waals surface area contributed by atoms with Gasteiger partial charge in [0.2, 0.25) is 5.91 Å². The van der Waals surface area contributed by atoms with E-state index < -0.39 is 11.8 Å². The highest BCUT2D eigenvalue weighted by atomic mass is 19.1. The van der Waals surface area contributed by atoms with Gasteiger partial charge in [-0.3, -0.25) is 9.69 Å². The lowest BCUT2D eigenvalue weighted by Gasteiger charge is -2.31. The number of hydrogen-bond acceptors (Lipinski definition) is 3. The molecule has 0 saturated carbocycles. The van der Waals surface area contributed by atoms with Gasteiger partial charge in [0.1, 0.15) is 5.82 Å². The van der Waals surface area contributed by atoms with Crippen molar-refractivity contribution in [2.45, 2.75) is 6.54 Å². The number of carbonyl (C=O) groups is 2. The fraction of sp³-hybridized carbons (Fsp3) is 0.333. The van der Waals surface area contributed by atoms with Gasteiger partial charge < -0.3 is 10.0 Å². The molecular weight excluding hydrogens is 275 g/mol. The first-order valence-corrected chi connectivity index (χ1v) is 6.61. The Morgan fingerprint density at radius 3 is 2.81 bits per heavy atom. The van der Waals surface area contributed by atoms with Crippen LogP contribution in [0.2, 0.25) is 0 Å². The number of likely N-dealkylation sites (N-methyl/N-ethyl adjacent to an activating group) is 1. The van der Waals surface area contributed by atoms with Crippen LogP contribution in [0, 0.1) is 5.82 Å². The third-order valence-electron chi connectivity index (χ3n) is 3.43. The predicted octanol–water partition coefficient (Wildman–Crippen LogP) is 1.20. The van der Waals surface area contributed by atoms with Crippen molar-refractivity contribution in [3.8, 4) is 0 Å². The van der Waals surface area contributed by atoms with Gasteiger partial charge in [-0.25, -0.2) is 9.18 Å². The average molecular weight is 292 g/mol. The maximum Gasteiger partial charge on any atom is 0.328 e. The standard InChI is InChI=1S/C15H17FN2O3/c1-17-6-7-18(10-14(17)19)9-12-4-2-11(8-13(12)16)3-5-15(20)21/h2-5,8H,6-7,9-10H2,1H3,(H,20,21). The Hall–Kier alpha value is -2.21. The summed E-state index contributed by atoms with van der Waals surface area (Å²) in [6.45, 7) is 2.01. The number of carboxylic acids is 1. The number of amides is 1. The molecule has 1 aliphatic heterocycles. The molecule has 5 nitrogen and oxygen atoms in total. The zero-order valence-corrected chi connectivity index (χ0v) is 11.8. The maximum atomic E-state index is 14.0. The molecule has 1 amide bonds. The molecule has 112 valence electrons. The second-order valence-corrected chi connectivity index (χ2v) is 5.05. The molecule has 0 atom stereocenters. The largest absolute Gasteiger partial charge is 0.478 e. The van der Waals surface area contributed by atoms with E-state index in [1.807, 2.05) is 4.90 Å². The molecule has 0 spiro atoms. The van der Waals surface area contributed by atoms with Crippen LogP contribution in [0.4, 0.5) is 4.39 Å². The first kappa shape index (κ1) is 15.2. The van der Waals surface area contributed by atoms with Crippen LogP contribution < -0.4 is 0 Å². The third kappa shape index (κ3) is 4.13. The minimum atomic E-state index is -1.07. The van der Waals surface area contributed by atoms with E-state index in [2.05, 4.69) is 0 Å². The predicted molar refractivity (Wildman–Crippen MR) is 76.0 cm³/mol. The normalized spacial score (nSPS) is 16.7. The Morgan fingerprint density at radius 1 is 1.43 bits per heavy atom. The van der Waals surface area contributed by atoms with Crippen molar-refractivity contribution in [3.05, 3.63) is 41.2 Å². The van der Waals surface area contributed by atoms with Crippen molar-refractivity contribution in [3.63, 3.8) is 0 Å². The summed E-state index contributed by atoms with van der Waals surface area (Å²) in [6.07, 6.45) is 2.31. The number of rotatable bonds is 4. The van der Waals surface area contributed by atoms with Crippen LogP contribution in [-0.2, 0) is 16.1 Å². The fourth-order valence-corrected chi connectivity index (χ4v) is 2.15. The Morgan fingerprint density at radius 2 is 2.19 bits per heavy atom. The highest BCUT2D eigenvalue weighted by Gasteiger charge is 2.21. The maximum absolute atomic E-state index is 14.0. The van der Waals surface area contributed by atoms with Crippen molar-refractivity contribution in [1.29, 1.82) is 0 Å². The molecule has 1 saturated heterocycles. The lowest BCUT2D eigenvalue weighted by molar-refractivity contribution is -0.134. The summed E-state index contributed by atoms with van der Waals surface area (Å²) >= 11 is 0. The molecule has 0 unspecified atom stereocenters. The Balaban J connectivity index is 2.04. The van der Waals surface area contributed by atoms with E-state index in [0.717, 1.165) is 6.08 Å². The van der Waals surface area contributed by atoms with Crippen molar-refractivity contribution in [2.24, 2.45) is 0 Å². The van der Waals surface area contributed by atoms with Crippen LogP contribution in [0.5, 0.6) is 0 Å². The molecule has 1 N–H and O–H groups in total. The van der Waals surface area contributed by atoms with Crippen molar-refractivity contribution in [1.82, 2.24) is 9.80 Å². The van der Waals surface area contributed by atoms with Crippen LogP contribution in [0.3, 0.4) is 0 Å². The van der Waals surface area contributed by atoms with E-state index in [4.69, 9.17) is 5.11 Å². The first-order chi connectivity index (χ1) is 9.95. The van der Waals surface area contributed by atoms with E-state index in [9.17, 15) is 14.0 Å². The zero-order chi connectivity index (χ0) is 15.4. The van der Waals surface area contributed by atoms with Gasteiger partial charge in [-0.15, -0.1) is 0 Å². The highest BCUT2D eigenvalue weighted by molar-refractivity contribution is 5.85. The minimum Gasteiger partial charge on any atom is -0.478 e. The molecule has 0 bridgehead atoms. The van der Waals surface area contributed by atoms with Crippen molar-refractivity contribution >= 4 is 18.0 Å². The van der Waals surface area contributed by atoms with Gasteiger partial charge in [-0.1, -0.05) is 12.1 Å². The number of carbonyl (C=O) groups excluding carboxylic acids is 1. The molecule has 1 aromatic rings. The Bertz CT molecular complexity index is 586. The van der Waals surface area contributed by atoms with Gasteiger partial charge in [0.05, 0.1) is 6.54 Å². The molecule has 1 aliphatic rings. The van der Waals surface area contributed by atoms with Gasteiger partial charge in [0, 0.05) is 38.3 Å². The van der Waals surface area contributed by atoms with Gasteiger partial charge in [-0.2, -0.15) is 0 Å². The van der Waals surface area contributed by atoms with E-state index >= 15 is 0 Å². The molecule has 1 heterocycles. The summed E-state index contributed by atoms with van der Waals surface area (Å²) in [4.78, 5) is 25.6. The number of hydrogen-bond donors (Lipinski definition) is 1. The van der Waals surface area contributed by atoms with E-state index in [1.165, 1.54) is 12.1 Å². The summed E-state index contributed by atoms with van der Waals surface area (Å²) in [7, 11) is 1.75. The summed E-state index contributed by atoms with van der Waals surface area (Å²) in [6, 6.07) is 4.59. The lowest BCUT2D eigenvalue weighted by Crippen LogP contribution is -2.48. The molecule has 0 aromatic heterocycles. The second kappa shape index (κ2) is 6.49. The number of aliphatic carboxylic acids is 1. The molecule has 1 aromatic carbocycles. The molecule has 6 heteroatoms. The van der Waals surface area contributed by atoms with Gasteiger partial charge >= 0.3 is 5.97 Å². The summed E-state index contributed by atoms with van der Waals surface area (Å²) < 4.78 is 14.0. The molecule has 2 rings (SSSR count). The number of nitrogens with zero attached hydrogens (tertiary/aromatic N) is 2. The smallest absolute Gasteiger partial charge is 0.328 e. The molecule has 0 aliphatic carbocycles. The topological polar surface area (TPSA) is 60.9 Å². The van der Waals surface area contributed by atoms with E-state index in [0.29, 0.717) is 30.8 Å². The van der Waals surface area contributed by atoms with Crippen LogP contribution in [0.1, 0.15) is 11.1 Å².